The third-order valence-electron chi connectivity index (χ3n) is 4.53. The summed E-state index contributed by atoms with van der Waals surface area (Å²) in [5.74, 6) is 0.825. The summed E-state index contributed by atoms with van der Waals surface area (Å²) < 4.78 is 43.1. The van der Waals surface area contributed by atoms with Crippen molar-refractivity contribution >= 4 is 0 Å². The maximum Gasteiger partial charge on any atom is 0.416 e. The fourth-order valence-corrected chi connectivity index (χ4v) is 3.25. The maximum atomic E-state index is 12.6. The molecule has 5 heteroatoms. The van der Waals surface area contributed by atoms with Gasteiger partial charge in [-0.3, -0.25) is 4.90 Å². The van der Waals surface area contributed by atoms with E-state index in [1.54, 1.807) is 19.2 Å². The SMILES string of the molecule is COc1ccc([C@H]2CCCN2Cc2ccc(C(F)(F)F)cc2)cc1. The van der Waals surface area contributed by atoms with Crippen LogP contribution in [0.4, 0.5) is 13.2 Å². The van der Waals surface area contributed by atoms with E-state index in [-0.39, 0.29) is 0 Å². The van der Waals surface area contributed by atoms with Gasteiger partial charge in [0.05, 0.1) is 12.7 Å². The minimum absolute atomic E-state index is 0.304. The fraction of sp³-hybridized carbons (Fsp3) is 0.368. The van der Waals surface area contributed by atoms with Gasteiger partial charge < -0.3 is 4.74 Å². The summed E-state index contributed by atoms with van der Waals surface area (Å²) in [6, 6.07) is 13.8. The predicted octanol–water partition coefficient (Wildman–Crippen LogP) is 5.05. The highest BCUT2D eigenvalue weighted by molar-refractivity contribution is 5.30. The summed E-state index contributed by atoms with van der Waals surface area (Å²) in [5.41, 5.74) is 1.53. The van der Waals surface area contributed by atoms with Gasteiger partial charge in [0, 0.05) is 12.6 Å². The van der Waals surface area contributed by atoms with E-state index in [4.69, 9.17) is 4.74 Å². The molecule has 0 bridgehead atoms. The summed E-state index contributed by atoms with van der Waals surface area (Å²) in [7, 11) is 1.64. The zero-order valence-electron chi connectivity index (χ0n) is 13.5. The molecule has 0 spiro atoms. The van der Waals surface area contributed by atoms with E-state index >= 15 is 0 Å². The first-order valence-corrected chi connectivity index (χ1v) is 8.01. The minimum atomic E-state index is -4.28. The molecule has 1 fully saturated rings. The van der Waals surface area contributed by atoms with Gasteiger partial charge in [0.15, 0.2) is 0 Å². The van der Waals surface area contributed by atoms with Crippen molar-refractivity contribution in [2.75, 3.05) is 13.7 Å². The minimum Gasteiger partial charge on any atom is -0.497 e. The summed E-state index contributed by atoms with van der Waals surface area (Å²) >= 11 is 0. The Bertz CT molecular complexity index is 665. The average molecular weight is 335 g/mol. The molecule has 0 N–H and O–H groups in total. The number of rotatable bonds is 4. The molecule has 0 aliphatic carbocycles. The molecule has 24 heavy (non-hydrogen) atoms. The molecule has 0 saturated carbocycles. The third kappa shape index (κ3) is 3.73. The topological polar surface area (TPSA) is 12.5 Å². The van der Waals surface area contributed by atoms with Crippen molar-refractivity contribution in [3.05, 3.63) is 65.2 Å². The van der Waals surface area contributed by atoms with Gasteiger partial charge >= 0.3 is 6.18 Å². The lowest BCUT2D eigenvalue weighted by molar-refractivity contribution is -0.137. The summed E-state index contributed by atoms with van der Waals surface area (Å²) in [5, 5.41) is 0. The number of halogens is 3. The highest BCUT2D eigenvalue weighted by atomic mass is 19.4. The van der Waals surface area contributed by atoms with Crippen LogP contribution in [0.1, 0.15) is 35.6 Å². The molecule has 1 saturated heterocycles. The van der Waals surface area contributed by atoms with Crippen LogP contribution < -0.4 is 4.74 Å². The second kappa shape index (κ2) is 6.85. The van der Waals surface area contributed by atoms with E-state index in [1.165, 1.54) is 5.56 Å². The van der Waals surface area contributed by atoms with Crippen molar-refractivity contribution in [3.8, 4) is 5.75 Å². The second-order valence-corrected chi connectivity index (χ2v) is 6.10. The Labute approximate surface area is 139 Å². The van der Waals surface area contributed by atoms with Crippen molar-refractivity contribution in [1.82, 2.24) is 4.90 Å². The van der Waals surface area contributed by atoms with Gasteiger partial charge in [0.2, 0.25) is 0 Å². The number of ether oxygens (including phenoxy) is 1. The van der Waals surface area contributed by atoms with Gasteiger partial charge in [-0.25, -0.2) is 0 Å². The van der Waals surface area contributed by atoms with Crippen molar-refractivity contribution in [2.24, 2.45) is 0 Å². The fourth-order valence-electron chi connectivity index (χ4n) is 3.25. The number of hydrogen-bond acceptors (Lipinski definition) is 2. The molecule has 0 amide bonds. The van der Waals surface area contributed by atoms with Gasteiger partial charge in [-0.2, -0.15) is 13.2 Å². The van der Waals surface area contributed by atoms with Crippen LogP contribution in [0.2, 0.25) is 0 Å². The Hall–Kier alpha value is -2.01. The van der Waals surface area contributed by atoms with Crippen molar-refractivity contribution in [3.63, 3.8) is 0 Å². The van der Waals surface area contributed by atoms with Crippen LogP contribution in [0.5, 0.6) is 5.75 Å². The molecule has 1 aliphatic rings. The van der Waals surface area contributed by atoms with Gasteiger partial charge in [0.1, 0.15) is 5.75 Å². The molecule has 2 nitrogen and oxygen atoms in total. The molecule has 0 radical (unpaired) electrons. The number of methoxy groups -OCH3 is 1. The second-order valence-electron chi connectivity index (χ2n) is 6.10. The van der Waals surface area contributed by atoms with Crippen molar-refractivity contribution < 1.29 is 17.9 Å². The Balaban J connectivity index is 1.71. The first-order chi connectivity index (χ1) is 11.5. The van der Waals surface area contributed by atoms with E-state index in [2.05, 4.69) is 17.0 Å². The number of nitrogens with zero attached hydrogens (tertiary/aromatic N) is 1. The number of hydrogen-bond donors (Lipinski definition) is 0. The standard InChI is InChI=1S/C19H20F3NO/c1-24-17-10-6-15(7-11-17)18-3-2-12-23(18)13-14-4-8-16(9-5-14)19(20,21)22/h4-11,18H,2-3,12-13H2,1H3/t18-/m1/s1. The first kappa shape index (κ1) is 16.8. The highest BCUT2D eigenvalue weighted by Crippen LogP contribution is 2.34. The van der Waals surface area contributed by atoms with E-state index in [0.717, 1.165) is 42.8 Å². The van der Waals surface area contributed by atoms with Crippen molar-refractivity contribution in [2.45, 2.75) is 31.6 Å². The monoisotopic (exact) mass is 335 g/mol. The smallest absolute Gasteiger partial charge is 0.416 e. The van der Waals surface area contributed by atoms with Gasteiger partial charge in [-0.1, -0.05) is 24.3 Å². The van der Waals surface area contributed by atoms with Gasteiger partial charge in [0.25, 0.3) is 0 Å². The van der Waals surface area contributed by atoms with E-state index in [1.807, 2.05) is 12.1 Å². The Morgan fingerprint density at radius 3 is 2.29 bits per heavy atom. The molecule has 0 unspecified atom stereocenters. The lowest BCUT2D eigenvalue weighted by Gasteiger charge is -2.25. The molecule has 2 aromatic rings. The quantitative estimate of drug-likeness (QED) is 0.775. The molecule has 3 rings (SSSR count). The molecule has 2 aromatic carbocycles. The maximum absolute atomic E-state index is 12.6. The highest BCUT2D eigenvalue weighted by Gasteiger charge is 2.30. The molecular formula is C19H20F3NO. The van der Waals surface area contributed by atoms with Crippen LogP contribution in [-0.4, -0.2) is 18.6 Å². The zero-order chi connectivity index (χ0) is 17.2. The molecule has 0 aromatic heterocycles. The molecular weight excluding hydrogens is 315 g/mol. The molecule has 1 heterocycles. The van der Waals surface area contributed by atoms with Crippen LogP contribution >= 0.6 is 0 Å². The zero-order valence-corrected chi connectivity index (χ0v) is 13.5. The predicted molar refractivity (Wildman–Crippen MR) is 86.8 cm³/mol. The van der Waals surface area contributed by atoms with Crippen LogP contribution in [-0.2, 0) is 12.7 Å². The first-order valence-electron chi connectivity index (χ1n) is 8.01. The van der Waals surface area contributed by atoms with Gasteiger partial charge in [-0.05, 0) is 54.8 Å². The Morgan fingerprint density at radius 1 is 1.04 bits per heavy atom. The van der Waals surface area contributed by atoms with Crippen LogP contribution in [0, 0.1) is 0 Å². The average Bonchev–Trinajstić information content (AvgIpc) is 3.03. The molecule has 128 valence electrons. The lowest BCUT2D eigenvalue weighted by Crippen LogP contribution is -2.22. The van der Waals surface area contributed by atoms with E-state index in [0.29, 0.717) is 12.6 Å². The number of benzene rings is 2. The van der Waals surface area contributed by atoms with Crippen molar-refractivity contribution in [1.29, 1.82) is 0 Å². The molecule has 1 atom stereocenters. The largest absolute Gasteiger partial charge is 0.497 e. The summed E-state index contributed by atoms with van der Waals surface area (Å²) in [6.07, 6.45) is -2.12. The third-order valence-corrected chi connectivity index (χ3v) is 4.53. The lowest BCUT2D eigenvalue weighted by atomic mass is 10.0. The number of alkyl halides is 3. The molecule has 1 aliphatic heterocycles. The normalized spacial score (nSPS) is 18.8. The summed E-state index contributed by atoms with van der Waals surface area (Å²) in [6.45, 7) is 1.62. The van der Waals surface area contributed by atoms with Gasteiger partial charge in [-0.15, -0.1) is 0 Å². The van der Waals surface area contributed by atoms with E-state index in [9.17, 15) is 13.2 Å². The summed E-state index contributed by atoms with van der Waals surface area (Å²) in [4.78, 5) is 2.32. The van der Waals surface area contributed by atoms with E-state index < -0.39 is 11.7 Å². The van der Waals surface area contributed by atoms with Crippen LogP contribution in [0.25, 0.3) is 0 Å². The van der Waals surface area contributed by atoms with Crippen LogP contribution in [0.3, 0.4) is 0 Å². The Morgan fingerprint density at radius 2 is 1.71 bits per heavy atom. The number of likely N-dealkylation sites (tertiary alicyclic amines) is 1. The Kier molecular flexibility index (Phi) is 4.81. The van der Waals surface area contributed by atoms with Crippen LogP contribution in [0.15, 0.2) is 48.5 Å².